The molecule has 7 heteroatoms. The molecule has 1 amide bonds. The first-order valence-corrected chi connectivity index (χ1v) is 11.5. The lowest BCUT2D eigenvalue weighted by Crippen LogP contribution is -2.35. The molecule has 0 radical (unpaired) electrons. The lowest BCUT2D eigenvalue weighted by atomic mass is 9.97. The van der Waals surface area contributed by atoms with Crippen molar-refractivity contribution in [1.29, 1.82) is 0 Å². The molecule has 0 bridgehead atoms. The van der Waals surface area contributed by atoms with Crippen molar-refractivity contribution in [3.63, 3.8) is 0 Å². The molecular weight excluding hydrogens is 394 g/mol. The second-order valence-electron chi connectivity index (χ2n) is 9.14. The van der Waals surface area contributed by atoms with E-state index < -0.39 is 0 Å². The summed E-state index contributed by atoms with van der Waals surface area (Å²) in [4.78, 5) is 24.5. The molecule has 0 spiro atoms. The van der Waals surface area contributed by atoms with E-state index in [1.54, 1.807) is 6.20 Å². The van der Waals surface area contributed by atoms with Crippen LogP contribution in [0, 0.1) is 5.41 Å². The molecule has 6 nitrogen and oxygen atoms in total. The fraction of sp³-hybridized carbons (Fsp3) is 0.522. The number of carbonyl (C=O) groups is 1. The van der Waals surface area contributed by atoms with Crippen LogP contribution in [0.4, 0.5) is 17.3 Å². The molecule has 3 N–H and O–H groups in total. The van der Waals surface area contributed by atoms with Gasteiger partial charge in [0.2, 0.25) is 0 Å². The van der Waals surface area contributed by atoms with Crippen LogP contribution in [-0.4, -0.2) is 28.5 Å². The first-order chi connectivity index (χ1) is 14.2. The summed E-state index contributed by atoms with van der Waals surface area (Å²) in [7, 11) is 0. The number of hydrogen-bond donors (Lipinski definition) is 2. The van der Waals surface area contributed by atoms with E-state index in [-0.39, 0.29) is 17.4 Å². The van der Waals surface area contributed by atoms with Crippen molar-refractivity contribution in [2.24, 2.45) is 5.41 Å². The summed E-state index contributed by atoms with van der Waals surface area (Å²) >= 11 is 1.42. The molecule has 3 rings (SSSR count). The first kappa shape index (κ1) is 22.3. The van der Waals surface area contributed by atoms with Gasteiger partial charge in [0.1, 0.15) is 16.6 Å². The van der Waals surface area contributed by atoms with Crippen LogP contribution in [0.3, 0.4) is 0 Å². The predicted octanol–water partition coefficient (Wildman–Crippen LogP) is 5.13. The van der Waals surface area contributed by atoms with Crippen LogP contribution >= 0.6 is 11.3 Å². The third kappa shape index (κ3) is 5.39. The normalized spacial score (nSPS) is 13.9. The van der Waals surface area contributed by atoms with E-state index in [2.05, 4.69) is 44.6 Å². The minimum absolute atomic E-state index is 0.0998. The van der Waals surface area contributed by atoms with Gasteiger partial charge in [-0.2, -0.15) is 0 Å². The molecule has 2 aromatic heterocycles. The number of rotatable bonds is 9. The van der Waals surface area contributed by atoms with Crippen molar-refractivity contribution >= 4 is 40.1 Å². The van der Waals surface area contributed by atoms with Crippen molar-refractivity contribution in [2.75, 3.05) is 22.5 Å². The van der Waals surface area contributed by atoms with Crippen LogP contribution in [0.5, 0.6) is 0 Å². The van der Waals surface area contributed by atoms with Gasteiger partial charge < -0.3 is 11.1 Å². The largest absolute Gasteiger partial charge is 0.398 e. The highest BCUT2D eigenvalue weighted by Gasteiger charge is 2.38. The summed E-state index contributed by atoms with van der Waals surface area (Å²) < 4.78 is 0. The number of thiazole rings is 1. The third-order valence-electron chi connectivity index (χ3n) is 5.02. The van der Waals surface area contributed by atoms with Gasteiger partial charge in [0.05, 0.1) is 5.57 Å². The highest BCUT2D eigenvalue weighted by atomic mass is 32.1. The van der Waals surface area contributed by atoms with E-state index in [4.69, 9.17) is 10.7 Å². The summed E-state index contributed by atoms with van der Waals surface area (Å²) in [5.74, 6) is 1.24. The second-order valence-corrected chi connectivity index (χ2v) is 10.0. The number of hydrogen-bond acceptors (Lipinski definition) is 6. The van der Waals surface area contributed by atoms with Crippen LogP contribution in [0.1, 0.15) is 63.9 Å². The van der Waals surface area contributed by atoms with E-state index in [1.165, 1.54) is 11.3 Å². The van der Waals surface area contributed by atoms with Gasteiger partial charge in [-0.15, -0.1) is 11.3 Å². The SMILES string of the molecule is C=C(C(=O)N(c1nc(NCC(C)(C)C)cc(N)c1CCCC)C1CC1)c1nccs1. The molecule has 0 unspecified atom stereocenters. The Labute approximate surface area is 183 Å². The minimum atomic E-state index is -0.134. The van der Waals surface area contributed by atoms with Gasteiger partial charge in [0.25, 0.3) is 5.91 Å². The maximum atomic E-state index is 13.5. The average Bonchev–Trinajstić information content (AvgIpc) is 3.36. The van der Waals surface area contributed by atoms with Gasteiger partial charge in [0.15, 0.2) is 0 Å². The zero-order valence-electron chi connectivity index (χ0n) is 18.5. The lowest BCUT2D eigenvalue weighted by molar-refractivity contribution is -0.113. The molecule has 0 aromatic carbocycles. The van der Waals surface area contributed by atoms with E-state index in [1.807, 2.05) is 16.3 Å². The van der Waals surface area contributed by atoms with Crippen molar-refractivity contribution in [1.82, 2.24) is 9.97 Å². The summed E-state index contributed by atoms with van der Waals surface area (Å²) in [6.45, 7) is 13.4. The summed E-state index contributed by atoms with van der Waals surface area (Å²) in [6.07, 6.45) is 6.46. The number of unbranched alkanes of at least 4 members (excludes halogenated alkanes) is 1. The zero-order chi connectivity index (χ0) is 21.9. The molecule has 0 saturated heterocycles. The van der Waals surface area contributed by atoms with Gasteiger partial charge in [0, 0.05) is 41.5 Å². The van der Waals surface area contributed by atoms with Crippen LogP contribution in [-0.2, 0) is 11.2 Å². The smallest absolute Gasteiger partial charge is 0.262 e. The molecular formula is C23H33N5OS. The van der Waals surface area contributed by atoms with E-state index in [0.717, 1.165) is 44.2 Å². The van der Waals surface area contributed by atoms with Gasteiger partial charge >= 0.3 is 0 Å². The molecule has 0 atom stereocenters. The molecule has 0 aliphatic heterocycles. The van der Waals surface area contributed by atoms with Crippen molar-refractivity contribution < 1.29 is 4.79 Å². The fourth-order valence-corrected chi connectivity index (χ4v) is 3.81. The van der Waals surface area contributed by atoms with Crippen molar-refractivity contribution in [3.8, 4) is 0 Å². The summed E-state index contributed by atoms with van der Waals surface area (Å²) in [5, 5.41) is 5.90. The van der Waals surface area contributed by atoms with Gasteiger partial charge in [-0.3, -0.25) is 9.69 Å². The summed E-state index contributed by atoms with van der Waals surface area (Å²) in [5.41, 5.74) is 8.62. The maximum Gasteiger partial charge on any atom is 0.262 e. The molecule has 1 saturated carbocycles. The highest BCUT2D eigenvalue weighted by Crippen LogP contribution is 2.38. The minimum Gasteiger partial charge on any atom is -0.398 e. The monoisotopic (exact) mass is 427 g/mol. The Bertz CT molecular complexity index is 897. The highest BCUT2D eigenvalue weighted by molar-refractivity contribution is 7.11. The lowest BCUT2D eigenvalue weighted by Gasteiger charge is -2.27. The number of nitrogens with one attached hydrogen (secondary N) is 1. The van der Waals surface area contributed by atoms with Crippen molar-refractivity contribution in [3.05, 3.63) is 34.8 Å². The van der Waals surface area contributed by atoms with E-state index in [0.29, 0.717) is 27.9 Å². The molecule has 2 heterocycles. The molecule has 1 aliphatic carbocycles. The van der Waals surface area contributed by atoms with Crippen LogP contribution in [0.25, 0.3) is 5.57 Å². The van der Waals surface area contributed by atoms with E-state index >= 15 is 0 Å². The van der Waals surface area contributed by atoms with Gasteiger partial charge in [-0.1, -0.05) is 40.7 Å². The molecule has 162 valence electrons. The van der Waals surface area contributed by atoms with Crippen LogP contribution in [0.15, 0.2) is 24.2 Å². The number of nitrogens with zero attached hydrogens (tertiary/aromatic N) is 3. The topological polar surface area (TPSA) is 84.1 Å². The fourth-order valence-electron chi connectivity index (χ4n) is 3.21. The number of pyridine rings is 1. The Balaban J connectivity index is 2.00. The number of carbonyl (C=O) groups excluding carboxylic acids is 1. The Morgan fingerprint density at radius 2 is 2.13 bits per heavy atom. The van der Waals surface area contributed by atoms with Crippen molar-refractivity contribution in [2.45, 2.75) is 65.8 Å². The van der Waals surface area contributed by atoms with Crippen LogP contribution < -0.4 is 16.0 Å². The average molecular weight is 428 g/mol. The Morgan fingerprint density at radius 1 is 1.40 bits per heavy atom. The number of nitrogens with two attached hydrogens (primary N) is 1. The quantitative estimate of drug-likeness (QED) is 0.542. The zero-order valence-corrected chi connectivity index (χ0v) is 19.3. The summed E-state index contributed by atoms with van der Waals surface area (Å²) in [6, 6.07) is 2.03. The number of nitrogen functional groups attached to an aromatic ring is 1. The van der Waals surface area contributed by atoms with Crippen LogP contribution in [0.2, 0.25) is 0 Å². The molecule has 30 heavy (non-hydrogen) atoms. The van der Waals surface area contributed by atoms with Gasteiger partial charge in [-0.05, 0) is 31.1 Å². The Kier molecular flexibility index (Phi) is 6.81. The number of anilines is 3. The second kappa shape index (κ2) is 9.16. The van der Waals surface area contributed by atoms with Gasteiger partial charge in [-0.25, -0.2) is 9.97 Å². The van der Waals surface area contributed by atoms with E-state index in [9.17, 15) is 4.79 Å². The maximum absolute atomic E-state index is 13.5. The Morgan fingerprint density at radius 3 is 2.70 bits per heavy atom. The molecule has 1 aliphatic rings. The first-order valence-electron chi connectivity index (χ1n) is 10.7. The number of amides is 1. The standard InChI is InChI=1S/C23H33N5OS/c1-6-7-8-17-18(24)13-19(26-14-23(3,4)5)27-20(17)28(16-9-10-16)22(29)15(2)21-25-11-12-30-21/h11-13,16H,2,6-10,14H2,1,3-5H3,(H3,24,26,27). The molecule has 2 aromatic rings. The number of aromatic nitrogens is 2. The Hall–Kier alpha value is -2.41. The molecule has 1 fully saturated rings. The predicted molar refractivity (Wildman–Crippen MR) is 127 cm³/mol. The third-order valence-corrected chi connectivity index (χ3v) is 5.86.